The minimum atomic E-state index is 1.17. The number of allylic oxidation sites excluding steroid dienone is 1. The number of nitrogens with zero attached hydrogens (tertiary/aromatic N) is 1. The highest BCUT2D eigenvalue weighted by molar-refractivity contribution is 5.72. The standard InChI is InChI=1S/C21H19N/c1-18(17-19-11-5-2-6-12-19)22(20-13-7-3-8-14-20)21-15-9-4-10-16-21/h2-17H,1H3. The molecule has 1 nitrogen and oxygen atoms in total. The molecular weight excluding hydrogens is 266 g/mol. The zero-order valence-corrected chi connectivity index (χ0v) is 12.7. The minimum absolute atomic E-state index is 1.17. The Morgan fingerprint density at radius 2 is 1.05 bits per heavy atom. The van der Waals surface area contributed by atoms with Gasteiger partial charge in [0.05, 0.1) is 0 Å². The molecule has 0 aliphatic carbocycles. The topological polar surface area (TPSA) is 3.24 Å². The molecule has 0 aliphatic heterocycles. The van der Waals surface area contributed by atoms with Crippen LogP contribution in [0.15, 0.2) is 96.7 Å². The van der Waals surface area contributed by atoms with Gasteiger partial charge in [-0.3, -0.25) is 0 Å². The fraction of sp³-hybridized carbons (Fsp3) is 0.0476. The van der Waals surface area contributed by atoms with Gasteiger partial charge in [-0.2, -0.15) is 0 Å². The highest BCUT2D eigenvalue weighted by Crippen LogP contribution is 2.30. The molecule has 0 aliphatic rings. The molecule has 3 aromatic carbocycles. The molecule has 0 heterocycles. The molecule has 0 saturated carbocycles. The third kappa shape index (κ3) is 3.26. The van der Waals surface area contributed by atoms with E-state index < -0.39 is 0 Å². The summed E-state index contributed by atoms with van der Waals surface area (Å²) in [5.41, 5.74) is 4.72. The van der Waals surface area contributed by atoms with Crippen molar-refractivity contribution in [2.24, 2.45) is 0 Å². The molecule has 3 rings (SSSR count). The van der Waals surface area contributed by atoms with E-state index >= 15 is 0 Å². The van der Waals surface area contributed by atoms with Crippen LogP contribution in [0.3, 0.4) is 0 Å². The minimum Gasteiger partial charge on any atom is -0.314 e. The second-order valence-corrected chi connectivity index (χ2v) is 5.20. The van der Waals surface area contributed by atoms with Gasteiger partial charge in [-0.15, -0.1) is 0 Å². The molecule has 22 heavy (non-hydrogen) atoms. The molecular formula is C21H19N. The predicted molar refractivity (Wildman–Crippen MR) is 95.1 cm³/mol. The maximum Gasteiger partial charge on any atom is 0.0458 e. The summed E-state index contributed by atoms with van der Waals surface area (Å²) in [5.74, 6) is 0. The quantitative estimate of drug-likeness (QED) is 0.578. The van der Waals surface area contributed by atoms with E-state index in [1.807, 2.05) is 18.2 Å². The fourth-order valence-corrected chi connectivity index (χ4v) is 2.57. The molecule has 0 N–H and O–H groups in total. The molecule has 0 saturated heterocycles. The van der Waals surface area contributed by atoms with E-state index in [4.69, 9.17) is 0 Å². The second-order valence-electron chi connectivity index (χ2n) is 5.20. The Labute approximate surface area is 132 Å². The van der Waals surface area contributed by atoms with E-state index in [9.17, 15) is 0 Å². The maximum absolute atomic E-state index is 2.27. The second kappa shape index (κ2) is 6.77. The molecule has 0 bridgehead atoms. The van der Waals surface area contributed by atoms with Crippen LogP contribution < -0.4 is 4.90 Å². The first-order valence-corrected chi connectivity index (χ1v) is 7.48. The first-order chi connectivity index (χ1) is 10.8. The van der Waals surface area contributed by atoms with Gasteiger partial charge in [0.1, 0.15) is 0 Å². The van der Waals surface area contributed by atoms with Crippen molar-refractivity contribution in [3.8, 4) is 0 Å². The van der Waals surface area contributed by atoms with Crippen molar-refractivity contribution in [1.82, 2.24) is 0 Å². The smallest absolute Gasteiger partial charge is 0.0458 e. The molecule has 1 heteroatoms. The van der Waals surface area contributed by atoms with E-state index in [0.29, 0.717) is 0 Å². The first-order valence-electron chi connectivity index (χ1n) is 7.48. The number of anilines is 2. The average Bonchev–Trinajstić information content (AvgIpc) is 2.58. The van der Waals surface area contributed by atoms with Crippen LogP contribution in [0.2, 0.25) is 0 Å². The first kappa shape index (κ1) is 14.2. The molecule has 0 radical (unpaired) electrons. The highest BCUT2D eigenvalue weighted by Gasteiger charge is 2.10. The van der Waals surface area contributed by atoms with Crippen molar-refractivity contribution in [3.63, 3.8) is 0 Å². The Kier molecular flexibility index (Phi) is 4.35. The van der Waals surface area contributed by atoms with E-state index in [1.54, 1.807) is 0 Å². The van der Waals surface area contributed by atoms with Crippen LogP contribution in [0, 0.1) is 0 Å². The average molecular weight is 285 g/mol. The predicted octanol–water partition coefficient (Wildman–Crippen LogP) is 5.89. The lowest BCUT2D eigenvalue weighted by molar-refractivity contribution is 1.17. The third-order valence-electron chi connectivity index (χ3n) is 3.56. The van der Waals surface area contributed by atoms with Crippen LogP contribution >= 0.6 is 0 Å². The van der Waals surface area contributed by atoms with Crippen LogP contribution in [-0.4, -0.2) is 0 Å². The molecule has 0 fully saturated rings. The number of hydrogen-bond donors (Lipinski definition) is 0. The van der Waals surface area contributed by atoms with Crippen molar-refractivity contribution in [3.05, 3.63) is 102 Å². The van der Waals surface area contributed by atoms with Crippen molar-refractivity contribution >= 4 is 17.5 Å². The summed E-state index contributed by atoms with van der Waals surface area (Å²) in [6.45, 7) is 2.15. The summed E-state index contributed by atoms with van der Waals surface area (Å²) in [4.78, 5) is 2.27. The van der Waals surface area contributed by atoms with Crippen LogP contribution in [0.4, 0.5) is 11.4 Å². The normalized spacial score (nSPS) is 11.2. The van der Waals surface area contributed by atoms with Gasteiger partial charge in [-0.25, -0.2) is 0 Å². The van der Waals surface area contributed by atoms with Crippen molar-refractivity contribution in [1.29, 1.82) is 0 Å². The Morgan fingerprint density at radius 1 is 0.636 bits per heavy atom. The van der Waals surface area contributed by atoms with Crippen molar-refractivity contribution < 1.29 is 0 Å². The lowest BCUT2D eigenvalue weighted by atomic mass is 10.1. The van der Waals surface area contributed by atoms with Gasteiger partial charge >= 0.3 is 0 Å². The van der Waals surface area contributed by atoms with Crippen LogP contribution in [0.25, 0.3) is 6.08 Å². The Morgan fingerprint density at radius 3 is 1.50 bits per heavy atom. The third-order valence-corrected chi connectivity index (χ3v) is 3.56. The number of rotatable bonds is 4. The molecule has 0 aromatic heterocycles. The SMILES string of the molecule is CC(=Cc1ccccc1)N(c1ccccc1)c1ccccc1. The van der Waals surface area contributed by atoms with E-state index in [1.165, 1.54) is 22.6 Å². The molecule has 0 atom stereocenters. The number of benzene rings is 3. The molecule has 0 spiro atoms. The van der Waals surface area contributed by atoms with Gasteiger partial charge in [0, 0.05) is 17.1 Å². The summed E-state index contributed by atoms with van der Waals surface area (Å²) in [6, 6.07) is 31.3. The summed E-state index contributed by atoms with van der Waals surface area (Å²) in [7, 11) is 0. The van der Waals surface area contributed by atoms with Crippen molar-refractivity contribution in [2.45, 2.75) is 6.92 Å². The summed E-state index contributed by atoms with van der Waals surface area (Å²) < 4.78 is 0. The lowest BCUT2D eigenvalue weighted by Gasteiger charge is -2.26. The van der Waals surface area contributed by atoms with Gasteiger partial charge in [-0.05, 0) is 42.8 Å². The van der Waals surface area contributed by atoms with E-state index in [0.717, 1.165) is 0 Å². The monoisotopic (exact) mass is 285 g/mol. The van der Waals surface area contributed by atoms with Gasteiger partial charge in [0.15, 0.2) is 0 Å². The zero-order chi connectivity index (χ0) is 15.2. The number of hydrogen-bond acceptors (Lipinski definition) is 1. The molecule has 0 unspecified atom stereocenters. The Balaban J connectivity index is 2.04. The Hall–Kier alpha value is -2.80. The van der Waals surface area contributed by atoms with Crippen LogP contribution in [0.5, 0.6) is 0 Å². The molecule has 3 aromatic rings. The molecule has 0 amide bonds. The summed E-state index contributed by atoms with van der Waals surface area (Å²) in [5, 5.41) is 0. The zero-order valence-electron chi connectivity index (χ0n) is 12.7. The van der Waals surface area contributed by atoms with Gasteiger partial charge in [-0.1, -0.05) is 66.7 Å². The molecule has 108 valence electrons. The maximum atomic E-state index is 2.27. The number of para-hydroxylation sites is 2. The van der Waals surface area contributed by atoms with Gasteiger partial charge in [0.25, 0.3) is 0 Å². The highest BCUT2D eigenvalue weighted by atomic mass is 15.1. The van der Waals surface area contributed by atoms with E-state index in [2.05, 4.69) is 90.7 Å². The van der Waals surface area contributed by atoms with Crippen molar-refractivity contribution in [2.75, 3.05) is 4.90 Å². The fourth-order valence-electron chi connectivity index (χ4n) is 2.57. The summed E-state index contributed by atoms with van der Waals surface area (Å²) in [6.07, 6.45) is 2.21. The van der Waals surface area contributed by atoms with Crippen LogP contribution in [0.1, 0.15) is 12.5 Å². The Bertz CT molecular complexity index is 691. The largest absolute Gasteiger partial charge is 0.314 e. The van der Waals surface area contributed by atoms with E-state index in [-0.39, 0.29) is 0 Å². The lowest BCUT2D eigenvalue weighted by Crippen LogP contribution is -2.14. The van der Waals surface area contributed by atoms with Crippen LogP contribution in [-0.2, 0) is 0 Å². The van der Waals surface area contributed by atoms with Gasteiger partial charge in [0.2, 0.25) is 0 Å². The summed E-state index contributed by atoms with van der Waals surface area (Å²) >= 11 is 0. The van der Waals surface area contributed by atoms with Gasteiger partial charge < -0.3 is 4.90 Å².